The van der Waals surface area contributed by atoms with E-state index in [1.54, 1.807) is 7.05 Å². The van der Waals surface area contributed by atoms with Crippen LogP contribution in [0.5, 0.6) is 0 Å². The van der Waals surface area contributed by atoms with Crippen molar-refractivity contribution in [3.8, 4) is 0 Å². The molecule has 0 spiro atoms. The lowest BCUT2D eigenvalue weighted by atomic mass is 10.1. The van der Waals surface area contributed by atoms with Gasteiger partial charge in [-0.15, -0.1) is 0 Å². The van der Waals surface area contributed by atoms with Gasteiger partial charge in [0.05, 0.1) is 0 Å². The summed E-state index contributed by atoms with van der Waals surface area (Å²) in [6, 6.07) is 6.06. The maximum Gasteiger partial charge on any atom is 0.282 e. The minimum atomic E-state index is -3.22. The van der Waals surface area contributed by atoms with E-state index in [1.807, 2.05) is 25.1 Å². The van der Waals surface area contributed by atoms with Gasteiger partial charge in [-0.2, -0.15) is 17.0 Å². The lowest BCUT2D eigenvalue weighted by molar-refractivity contribution is 0.439. The van der Waals surface area contributed by atoms with Crippen molar-refractivity contribution in [2.24, 2.45) is 0 Å². The first-order chi connectivity index (χ1) is 7.91. The molecular formula is C12H18N2O2S. The van der Waals surface area contributed by atoms with E-state index < -0.39 is 10.2 Å². The Kier molecular flexibility index (Phi) is 3.25. The minimum Gasteiger partial charge on any atom is -0.195 e. The Hall–Kier alpha value is -0.910. The molecule has 0 saturated carbocycles. The summed E-state index contributed by atoms with van der Waals surface area (Å²) in [5.74, 6) is 0. The van der Waals surface area contributed by atoms with Gasteiger partial charge in [-0.05, 0) is 30.5 Å². The quantitative estimate of drug-likeness (QED) is 0.760. The van der Waals surface area contributed by atoms with Crippen LogP contribution in [0.15, 0.2) is 18.2 Å². The van der Waals surface area contributed by atoms with Gasteiger partial charge in [0.15, 0.2) is 0 Å². The average molecular weight is 254 g/mol. The molecule has 0 unspecified atom stereocenters. The highest BCUT2D eigenvalue weighted by Gasteiger charge is 2.34. The molecule has 0 radical (unpaired) electrons. The Morgan fingerprint density at radius 3 is 2.41 bits per heavy atom. The summed E-state index contributed by atoms with van der Waals surface area (Å²) >= 11 is 0. The number of aryl methyl sites for hydroxylation is 2. The van der Waals surface area contributed by atoms with Crippen LogP contribution < -0.4 is 0 Å². The Labute approximate surface area is 103 Å². The highest BCUT2D eigenvalue weighted by Crippen LogP contribution is 2.18. The van der Waals surface area contributed by atoms with Crippen molar-refractivity contribution in [3.05, 3.63) is 34.9 Å². The molecule has 1 aliphatic heterocycles. The van der Waals surface area contributed by atoms with Crippen molar-refractivity contribution in [2.45, 2.75) is 20.4 Å². The minimum absolute atomic E-state index is 0.431. The number of nitrogens with zero attached hydrogens (tertiary/aromatic N) is 2. The van der Waals surface area contributed by atoms with Gasteiger partial charge < -0.3 is 0 Å². The molecule has 1 aromatic carbocycles. The first-order valence-electron chi connectivity index (χ1n) is 5.69. The SMILES string of the molecule is Cc1ccc(CN(C)S(=O)(=O)N2CC2)cc1C. The zero-order valence-corrected chi connectivity index (χ0v) is 11.3. The smallest absolute Gasteiger partial charge is 0.195 e. The van der Waals surface area contributed by atoms with Gasteiger partial charge in [0.25, 0.3) is 10.2 Å². The lowest BCUT2D eigenvalue weighted by Gasteiger charge is -2.17. The predicted octanol–water partition coefficient (Wildman–Crippen LogP) is 1.30. The maximum absolute atomic E-state index is 11.9. The number of rotatable bonds is 4. The molecule has 4 nitrogen and oxygen atoms in total. The van der Waals surface area contributed by atoms with Crippen LogP contribution in [0.25, 0.3) is 0 Å². The third-order valence-electron chi connectivity index (χ3n) is 3.10. The zero-order chi connectivity index (χ0) is 12.6. The van der Waals surface area contributed by atoms with E-state index in [4.69, 9.17) is 0 Å². The molecule has 1 heterocycles. The summed E-state index contributed by atoms with van der Waals surface area (Å²) < 4.78 is 26.7. The Morgan fingerprint density at radius 2 is 1.88 bits per heavy atom. The van der Waals surface area contributed by atoms with Crippen LogP contribution >= 0.6 is 0 Å². The zero-order valence-electron chi connectivity index (χ0n) is 10.5. The highest BCUT2D eigenvalue weighted by atomic mass is 32.2. The van der Waals surface area contributed by atoms with Crippen molar-refractivity contribution in [2.75, 3.05) is 20.1 Å². The molecule has 1 saturated heterocycles. The van der Waals surface area contributed by atoms with E-state index in [2.05, 4.69) is 6.92 Å². The fourth-order valence-corrected chi connectivity index (χ4v) is 2.96. The van der Waals surface area contributed by atoms with Crippen molar-refractivity contribution < 1.29 is 8.42 Å². The van der Waals surface area contributed by atoms with E-state index in [9.17, 15) is 8.42 Å². The van der Waals surface area contributed by atoms with Crippen LogP contribution in [0, 0.1) is 13.8 Å². The van der Waals surface area contributed by atoms with Crippen molar-refractivity contribution >= 4 is 10.2 Å². The second kappa shape index (κ2) is 4.40. The average Bonchev–Trinajstić information content (AvgIpc) is 3.07. The molecule has 0 bridgehead atoms. The Morgan fingerprint density at radius 1 is 1.24 bits per heavy atom. The van der Waals surface area contributed by atoms with Gasteiger partial charge in [0.1, 0.15) is 0 Å². The first-order valence-corrected chi connectivity index (χ1v) is 7.08. The van der Waals surface area contributed by atoms with Crippen molar-refractivity contribution in [3.63, 3.8) is 0 Å². The summed E-state index contributed by atoms with van der Waals surface area (Å²) in [5, 5.41) is 0. The molecule has 0 amide bonds. The predicted molar refractivity (Wildman–Crippen MR) is 67.9 cm³/mol. The molecule has 5 heteroatoms. The van der Waals surface area contributed by atoms with Gasteiger partial charge in [0.2, 0.25) is 0 Å². The second-order valence-corrected chi connectivity index (χ2v) is 6.62. The first kappa shape index (κ1) is 12.5. The maximum atomic E-state index is 11.9. The fourth-order valence-electron chi connectivity index (χ4n) is 1.71. The standard InChI is InChI=1S/C12H18N2O2S/c1-10-4-5-12(8-11(10)2)9-13(3)17(15,16)14-6-7-14/h4-5,8H,6-7,9H2,1-3H3. The molecule has 0 atom stereocenters. The number of benzene rings is 1. The molecule has 1 aromatic rings. The van der Waals surface area contributed by atoms with E-state index >= 15 is 0 Å². The van der Waals surface area contributed by atoms with Gasteiger partial charge in [-0.3, -0.25) is 0 Å². The fraction of sp³-hybridized carbons (Fsp3) is 0.500. The topological polar surface area (TPSA) is 40.4 Å². The molecule has 0 aromatic heterocycles. The van der Waals surface area contributed by atoms with Crippen LogP contribution in [0.3, 0.4) is 0 Å². The van der Waals surface area contributed by atoms with E-state index in [0.29, 0.717) is 19.6 Å². The van der Waals surface area contributed by atoms with E-state index in [-0.39, 0.29) is 0 Å². The molecule has 94 valence electrons. The third-order valence-corrected chi connectivity index (χ3v) is 5.04. The summed E-state index contributed by atoms with van der Waals surface area (Å²) in [6.45, 7) is 5.83. The van der Waals surface area contributed by atoms with Crippen LogP contribution in [-0.2, 0) is 16.8 Å². The van der Waals surface area contributed by atoms with Gasteiger partial charge in [-0.1, -0.05) is 18.2 Å². The Balaban J connectivity index is 2.12. The van der Waals surface area contributed by atoms with Crippen molar-refractivity contribution in [1.82, 2.24) is 8.61 Å². The van der Waals surface area contributed by atoms with Crippen LogP contribution in [0.4, 0.5) is 0 Å². The third kappa shape index (κ3) is 2.68. The van der Waals surface area contributed by atoms with Crippen molar-refractivity contribution in [1.29, 1.82) is 0 Å². The number of hydrogen-bond donors (Lipinski definition) is 0. The van der Waals surface area contributed by atoms with Crippen LogP contribution in [0.2, 0.25) is 0 Å². The molecule has 1 fully saturated rings. The van der Waals surface area contributed by atoms with E-state index in [0.717, 1.165) is 5.56 Å². The normalized spacial score (nSPS) is 16.5. The number of hydrogen-bond acceptors (Lipinski definition) is 2. The largest absolute Gasteiger partial charge is 0.282 e. The molecular weight excluding hydrogens is 236 g/mol. The van der Waals surface area contributed by atoms with E-state index in [1.165, 1.54) is 19.7 Å². The van der Waals surface area contributed by atoms with Gasteiger partial charge >= 0.3 is 0 Å². The second-order valence-electron chi connectivity index (χ2n) is 4.58. The van der Waals surface area contributed by atoms with Crippen LogP contribution in [-0.4, -0.2) is 37.2 Å². The van der Waals surface area contributed by atoms with Gasteiger partial charge in [-0.25, -0.2) is 0 Å². The molecule has 0 aliphatic carbocycles. The Bertz CT molecular complexity index is 521. The summed E-state index contributed by atoms with van der Waals surface area (Å²) in [4.78, 5) is 0. The van der Waals surface area contributed by atoms with Crippen LogP contribution in [0.1, 0.15) is 16.7 Å². The van der Waals surface area contributed by atoms with Gasteiger partial charge in [0, 0.05) is 26.7 Å². The monoisotopic (exact) mass is 254 g/mol. The molecule has 2 rings (SSSR count). The summed E-state index contributed by atoms with van der Waals surface area (Å²) in [7, 11) is -1.59. The summed E-state index contributed by atoms with van der Waals surface area (Å²) in [6.07, 6.45) is 0. The molecule has 0 N–H and O–H groups in total. The lowest BCUT2D eigenvalue weighted by Crippen LogP contribution is -2.31. The molecule has 17 heavy (non-hydrogen) atoms. The summed E-state index contributed by atoms with van der Waals surface area (Å²) in [5.41, 5.74) is 3.45. The molecule has 1 aliphatic rings. The highest BCUT2D eigenvalue weighted by molar-refractivity contribution is 7.86.